The summed E-state index contributed by atoms with van der Waals surface area (Å²) >= 11 is 0. The molecule has 2 aromatic rings. The van der Waals surface area contributed by atoms with E-state index in [0.29, 0.717) is 11.0 Å². The average molecular weight is 278 g/mol. The monoisotopic (exact) mass is 278 g/mol. The minimum Gasteiger partial charge on any atom is -0.341 e. The molecule has 0 saturated heterocycles. The van der Waals surface area contributed by atoms with Gasteiger partial charge in [0, 0.05) is 27.1 Å². The summed E-state index contributed by atoms with van der Waals surface area (Å²) < 4.78 is 2.81. The summed E-state index contributed by atoms with van der Waals surface area (Å²) in [7, 11) is 3.10. The number of nitrogens with zero attached hydrogens (tertiary/aromatic N) is 4. The highest BCUT2D eigenvalue weighted by molar-refractivity contribution is 5.94. The van der Waals surface area contributed by atoms with Crippen LogP contribution in [0.15, 0.2) is 17.3 Å². The fraction of sp³-hybridized carbons (Fsp3) is 0.364. The number of amides is 3. The third-order valence-corrected chi connectivity index (χ3v) is 2.78. The van der Waals surface area contributed by atoms with Crippen LogP contribution in [0.3, 0.4) is 0 Å². The molecule has 0 aliphatic rings. The van der Waals surface area contributed by atoms with Crippen molar-refractivity contribution in [1.29, 1.82) is 0 Å². The highest BCUT2D eigenvalue weighted by Crippen LogP contribution is 2.03. The number of hydrogen-bond acceptors (Lipinski definition) is 5. The Morgan fingerprint density at radius 2 is 2.15 bits per heavy atom. The Balaban J connectivity index is 2.11. The molecule has 0 spiro atoms. The molecule has 0 unspecified atom stereocenters. The van der Waals surface area contributed by atoms with Crippen molar-refractivity contribution in [1.82, 2.24) is 30.0 Å². The van der Waals surface area contributed by atoms with Crippen LogP contribution in [-0.4, -0.2) is 38.3 Å². The van der Waals surface area contributed by atoms with Crippen molar-refractivity contribution in [3.8, 4) is 0 Å². The third-order valence-electron chi connectivity index (χ3n) is 2.78. The van der Waals surface area contributed by atoms with Crippen LogP contribution in [0.5, 0.6) is 0 Å². The van der Waals surface area contributed by atoms with E-state index in [2.05, 4.69) is 20.7 Å². The van der Waals surface area contributed by atoms with Gasteiger partial charge in [-0.3, -0.25) is 24.2 Å². The highest BCUT2D eigenvalue weighted by atomic mass is 16.2. The van der Waals surface area contributed by atoms with E-state index < -0.39 is 11.9 Å². The third kappa shape index (κ3) is 2.66. The molecular weight excluding hydrogens is 264 g/mol. The summed E-state index contributed by atoms with van der Waals surface area (Å²) in [6, 6.07) is -0.580. The number of carbonyl (C=O) groups is 2. The lowest BCUT2D eigenvalue weighted by Crippen LogP contribution is -2.38. The van der Waals surface area contributed by atoms with E-state index in [1.54, 1.807) is 7.05 Å². The number of hydrogen-bond donors (Lipinski definition) is 2. The van der Waals surface area contributed by atoms with Gasteiger partial charge in [0.1, 0.15) is 5.39 Å². The number of rotatable bonds is 3. The van der Waals surface area contributed by atoms with Gasteiger partial charge in [-0.25, -0.2) is 9.78 Å². The van der Waals surface area contributed by atoms with Gasteiger partial charge in [0.05, 0.1) is 12.5 Å². The van der Waals surface area contributed by atoms with Gasteiger partial charge < -0.3 is 5.32 Å². The molecular formula is C11H14N6O3. The Bertz CT molecular complexity index is 717. The van der Waals surface area contributed by atoms with Crippen LogP contribution in [-0.2, 0) is 18.4 Å². The fourth-order valence-corrected chi connectivity index (χ4v) is 1.70. The molecule has 0 atom stereocenters. The van der Waals surface area contributed by atoms with Gasteiger partial charge >= 0.3 is 6.03 Å². The molecule has 3 amide bonds. The standard InChI is InChI=1S/C11H14N6O3/c1-12-11(20)15-8(18)3-4-17-6-13-9-7(10(17)19)5-14-16(9)2/h5-6H,3-4H2,1-2H3,(H2,12,15,18,20). The van der Waals surface area contributed by atoms with Crippen molar-refractivity contribution in [2.75, 3.05) is 7.05 Å². The first-order valence-electron chi connectivity index (χ1n) is 5.91. The van der Waals surface area contributed by atoms with E-state index in [1.165, 1.54) is 28.8 Å². The summed E-state index contributed by atoms with van der Waals surface area (Å²) in [6.45, 7) is 0.138. The van der Waals surface area contributed by atoms with Gasteiger partial charge in [-0.05, 0) is 0 Å². The molecule has 0 radical (unpaired) electrons. The smallest absolute Gasteiger partial charge is 0.321 e. The summed E-state index contributed by atoms with van der Waals surface area (Å²) in [6.07, 6.45) is 2.80. The SMILES string of the molecule is CNC(=O)NC(=O)CCn1cnc2c(cnn2C)c1=O. The molecule has 2 heterocycles. The normalized spacial score (nSPS) is 10.5. The van der Waals surface area contributed by atoms with Gasteiger partial charge in [0.25, 0.3) is 5.56 Å². The maximum Gasteiger partial charge on any atom is 0.321 e. The van der Waals surface area contributed by atoms with Crippen LogP contribution in [0.25, 0.3) is 11.0 Å². The van der Waals surface area contributed by atoms with E-state index in [1.807, 2.05) is 0 Å². The molecule has 2 aromatic heterocycles. The molecule has 20 heavy (non-hydrogen) atoms. The largest absolute Gasteiger partial charge is 0.341 e. The van der Waals surface area contributed by atoms with E-state index in [0.717, 1.165) is 0 Å². The predicted octanol–water partition coefficient (Wildman–Crippen LogP) is -1.02. The van der Waals surface area contributed by atoms with Crippen LogP contribution in [0, 0.1) is 0 Å². The molecule has 9 heteroatoms. The number of nitrogens with one attached hydrogen (secondary N) is 2. The topological polar surface area (TPSA) is 111 Å². The zero-order valence-electron chi connectivity index (χ0n) is 11.1. The first-order chi connectivity index (χ1) is 9.52. The lowest BCUT2D eigenvalue weighted by molar-refractivity contribution is -0.120. The first kappa shape index (κ1) is 13.7. The average Bonchev–Trinajstić information content (AvgIpc) is 2.80. The van der Waals surface area contributed by atoms with Crippen molar-refractivity contribution in [3.63, 3.8) is 0 Å². The van der Waals surface area contributed by atoms with Crippen LogP contribution in [0.1, 0.15) is 6.42 Å². The molecule has 2 N–H and O–H groups in total. The second-order valence-corrected chi connectivity index (χ2v) is 4.13. The number of carbonyl (C=O) groups excluding carboxylic acids is 2. The Morgan fingerprint density at radius 3 is 2.85 bits per heavy atom. The van der Waals surface area contributed by atoms with Gasteiger partial charge in [0.2, 0.25) is 5.91 Å². The number of aromatic nitrogens is 4. The quantitative estimate of drug-likeness (QED) is 0.746. The van der Waals surface area contributed by atoms with Crippen molar-refractivity contribution in [3.05, 3.63) is 22.9 Å². The zero-order valence-corrected chi connectivity index (χ0v) is 11.1. The Morgan fingerprint density at radius 1 is 1.40 bits per heavy atom. The van der Waals surface area contributed by atoms with Crippen LogP contribution in [0.4, 0.5) is 4.79 Å². The molecule has 0 saturated carbocycles. The van der Waals surface area contributed by atoms with Crippen molar-refractivity contribution < 1.29 is 9.59 Å². The second kappa shape index (κ2) is 5.51. The Kier molecular flexibility index (Phi) is 3.78. The predicted molar refractivity (Wildman–Crippen MR) is 70.0 cm³/mol. The van der Waals surface area contributed by atoms with Crippen molar-refractivity contribution >= 4 is 23.0 Å². The van der Waals surface area contributed by atoms with E-state index >= 15 is 0 Å². The number of urea groups is 1. The second-order valence-electron chi connectivity index (χ2n) is 4.13. The Hall–Kier alpha value is -2.71. The van der Waals surface area contributed by atoms with Crippen LogP contribution < -0.4 is 16.2 Å². The lowest BCUT2D eigenvalue weighted by Gasteiger charge is -2.05. The molecule has 0 aliphatic carbocycles. The minimum absolute atomic E-state index is 0.000769. The molecule has 2 rings (SSSR count). The zero-order chi connectivity index (χ0) is 14.7. The first-order valence-corrected chi connectivity index (χ1v) is 5.91. The molecule has 0 aromatic carbocycles. The molecule has 0 aliphatic heterocycles. The van der Waals surface area contributed by atoms with E-state index in [4.69, 9.17) is 0 Å². The van der Waals surface area contributed by atoms with Gasteiger partial charge in [-0.2, -0.15) is 5.10 Å². The molecule has 0 fully saturated rings. The van der Waals surface area contributed by atoms with Crippen LogP contribution >= 0.6 is 0 Å². The fourth-order valence-electron chi connectivity index (χ4n) is 1.70. The van der Waals surface area contributed by atoms with Gasteiger partial charge in [-0.15, -0.1) is 0 Å². The van der Waals surface area contributed by atoms with E-state index in [-0.39, 0.29) is 18.5 Å². The summed E-state index contributed by atoms with van der Waals surface area (Å²) in [5.41, 5.74) is 0.219. The molecule has 106 valence electrons. The molecule has 0 bridgehead atoms. The minimum atomic E-state index is -0.580. The van der Waals surface area contributed by atoms with Crippen molar-refractivity contribution in [2.24, 2.45) is 7.05 Å². The van der Waals surface area contributed by atoms with Crippen molar-refractivity contribution in [2.45, 2.75) is 13.0 Å². The maximum absolute atomic E-state index is 12.1. The summed E-state index contributed by atoms with van der Waals surface area (Å²) in [4.78, 5) is 38.6. The highest BCUT2D eigenvalue weighted by Gasteiger charge is 2.10. The van der Waals surface area contributed by atoms with Gasteiger partial charge in [-0.1, -0.05) is 0 Å². The number of imide groups is 1. The summed E-state index contributed by atoms with van der Waals surface area (Å²) in [5.74, 6) is -0.470. The maximum atomic E-state index is 12.1. The van der Waals surface area contributed by atoms with Crippen LogP contribution in [0.2, 0.25) is 0 Å². The number of fused-ring (bicyclic) bond motifs is 1. The lowest BCUT2D eigenvalue weighted by atomic mass is 10.3. The molecule has 9 nitrogen and oxygen atoms in total. The van der Waals surface area contributed by atoms with E-state index in [9.17, 15) is 14.4 Å². The Labute approximate surface area is 113 Å². The number of aryl methyl sites for hydroxylation is 2. The summed E-state index contributed by atoms with van der Waals surface area (Å²) in [5, 5.41) is 8.73. The van der Waals surface area contributed by atoms with Gasteiger partial charge in [0.15, 0.2) is 5.65 Å².